The van der Waals surface area contributed by atoms with Crippen LogP contribution < -0.4 is 0 Å². The summed E-state index contributed by atoms with van der Waals surface area (Å²) in [6, 6.07) is 6.83. The molecule has 0 bridgehead atoms. The summed E-state index contributed by atoms with van der Waals surface area (Å²) in [6.45, 7) is 3.15. The molecule has 25 heavy (non-hydrogen) atoms. The molecule has 0 spiro atoms. The van der Waals surface area contributed by atoms with Crippen LogP contribution >= 0.6 is 15.9 Å². The van der Waals surface area contributed by atoms with Gasteiger partial charge in [0.15, 0.2) is 5.78 Å². The van der Waals surface area contributed by atoms with Gasteiger partial charge in [0.25, 0.3) is 0 Å². The number of nitrogens with zero attached hydrogens (tertiary/aromatic N) is 1. The third kappa shape index (κ3) is 4.33. The number of halogens is 1. The lowest BCUT2D eigenvalue weighted by Crippen LogP contribution is -2.10. The Kier molecular flexibility index (Phi) is 6.08. The quantitative estimate of drug-likeness (QED) is 0.327. The molecule has 2 aromatic rings. The third-order valence-electron chi connectivity index (χ3n) is 3.67. The van der Waals surface area contributed by atoms with Gasteiger partial charge >= 0.3 is 5.97 Å². The van der Waals surface area contributed by atoms with Gasteiger partial charge < -0.3 is 9.72 Å². The topological polar surface area (TPSA) is 102 Å². The normalized spacial score (nSPS) is 10.5. The molecule has 0 unspecified atom stereocenters. The molecule has 0 fully saturated rings. The molecular weight excluding hydrogens is 392 g/mol. The Labute approximate surface area is 152 Å². The monoisotopic (exact) mass is 408 g/mol. The van der Waals surface area contributed by atoms with E-state index >= 15 is 0 Å². The molecule has 0 atom stereocenters. The van der Waals surface area contributed by atoms with Crippen molar-refractivity contribution in [2.75, 3.05) is 13.2 Å². The van der Waals surface area contributed by atoms with E-state index in [1.807, 2.05) is 0 Å². The maximum atomic E-state index is 12.9. The lowest BCUT2D eigenvalue weighted by Gasteiger charge is -2.05. The lowest BCUT2D eigenvalue weighted by atomic mass is 9.98. The van der Waals surface area contributed by atoms with Crippen molar-refractivity contribution < 1.29 is 19.2 Å². The number of carbonyl (C=O) groups is 2. The van der Waals surface area contributed by atoms with Crippen LogP contribution in [0.3, 0.4) is 0 Å². The highest BCUT2D eigenvalue weighted by Gasteiger charge is 2.26. The highest BCUT2D eigenvalue weighted by atomic mass is 79.9. The van der Waals surface area contributed by atoms with E-state index in [-0.39, 0.29) is 36.6 Å². The number of carbonyl (C=O) groups excluding carboxylic acids is 2. The van der Waals surface area contributed by atoms with Crippen LogP contribution in [0.1, 0.15) is 44.6 Å². The van der Waals surface area contributed by atoms with Gasteiger partial charge in [-0.05, 0) is 31.5 Å². The van der Waals surface area contributed by atoms with Crippen LogP contribution in [-0.2, 0) is 11.2 Å². The van der Waals surface area contributed by atoms with Crippen molar-refractivity contribution in [1.29, 1.82) is 0 Å². The number of hydrogen-bond donors (Lipinski definition) is 1. The fourth-order valence-corrected chi connectivity index (χ4v) is 2.94. The van der Waals surface area contributed by atoms with Gasteiger partial charge in [-0.25, -0.2) is 4.79 Å². The van der Waals surface area contributed by atoms with E-state index in [1.54, 1.807) is 38.1 Å². The van der Waals surface area contributed by atoms with Gasteiger partial charge in [0, 0.05) is 26.2 Å². The molecule has 1 aromatic heterocycles. The van der Waals surface area contributed by atoms with Crippen molar-refractivity contribution >= 4 is 27.7 Å². The summed E-state index contributed by atoms with van der Waals surface area (Å²) in [5.74, 6) is -0.889. The van der Waals surface area contributed by atoms with Gasteiger partial charge in [0.1, 0.15) is 5.69 Å². The predicted octanol–water partition coefficient (Wildman–Crippen LogP) is 3.31. The number of nitrogens with one attached hydrogen (secondary N) is 1. The number of aromatic nitrogens is 1. The number of rotatable bonds is 7. The minimum atomic E-state index is -0.587. The summed E-state index contributed by atoms with van der Waals surface area (Å²) < 4.78 is 5.72. The molecule has 0 radical (unpaired) electrons. The molecule has 1 aromatic carbocycles. The number of benzene rings is 1. The molecule has 8 heteroatoms. The maximum absolute atomic E-state index is 12.9. The van der Waals surface area contributed by atoms with Crippen LogP contribution in [0, 0.1) is 17.0 Å². The first kappa shape index (κ1) is 18.9. The zero-order valence-corrected chi connectivity index (χ0v) is 15.4. The second kappa shape index (κ2) is 8.06. The number of H-pyrrole nitrogens is 1. The Morgan fingerprint density at radius 1 is 1.36 bits per heavy atom. The summed E-state index contributed by atoms with van der Waals surface area (Å²) >= 11 is 3.32. The third-order valence-corrected chi connectivity index (χ3v) is 4.16. The number of nitro groups is 1. The first-order chi connectivity index (χ1) is 11.8. The molecule has 0 aliphatic heterocycles. The van der Waals surface area contributed by atoms with Crippen molar-refractivity contribution in [2.24, 2.45) is 0 Å². The van der Waals surface area contributed by atoms with Crippen LogP contribution in [0.15, 0.2) is 28.7 Å². The Hall–Kier alpha value is -2.48. The number of ketones is 1. The van der Waals surface area contributed by atoms with E-state index in [9.17, 15) is 19.7 Å². The molecule has 0 saturated carbocycles. The van der Waals surface area contributed by atoms with Gasteiger partial charge in [0.05, 0.1) is 13.0 Å². The Balaban J connectivity index is 2.51. The minimum Gasteiger partial charge on any atom is -0.461 e. The average molecular weight is 409 g/mol. The molecule has 0 saturated heterocycles. The van der Waals surface area contributed by atoms with E-state index in [4.69, 9.17) is 4.74 Å². The summed E-state index contributed by atoms with van der Waals surface area (Å²) in [7, 11) is 0. The van der Waals surface area contributed by atoms with E-state index in [1.165, 1.54) is 0 Å². The molecule has 0 aliphatic rings. The summed E-state index contributed by atoms with van der Waals surface area (Å²) in [6.07, 6.45) is 0.0162. The first-order valence-electron chi connectivity index (χ1n) is 7.65. The van der Waals surface area contributed by atoms with E-state index < -0.39 is 10.9 Å². The molecule has 1 heterocycles. The zero-order chi connectivity index (χ0) is 18.6. The number of ether oxygens (including phenoxy) is 1. The zero-order valence-electron chi connectivity index (χ0n) is 13.8. The fraction of sp³-hybridized carbons (Fsp3) is 0.294. The molecule has 132 valence electrons. The highest BCUT2D eigenvalue weighted by Crippen LogP contribution is 2.24. The Bertz CT molecular complexity index is 828. The molecule has 1 N–H and O–H groups in total. The SMILES string of the molecule is CCOC(=O)c1[nH]c(CC[N+](=O)[O-])c(C(=O)c2cccc(Br)c2)c1C. The van der Waals surface area contributed by atoms with Crippen LogP contribution in [0.2, 0.25) is 0 Å². The Morgan fingerprint density at radius 3 is 2.68 bits per heavy atom. The van der Waals surface area contributed by atoms with Crippen LogP contribution in [0.4, 0.5) is 0 Å². The van der Waals surface area contributed by atoms with E-state index in [2.05, 4.69) is 20.9 Å². The maximum Gasteiger partial charge on any atom is 0.355 e. The lowest BCUT2D eigenvalue weighted by molar-refractivity contribution is -0.479. The van der Waals surface area contributed by atoms with Crippen molar-refractivity contribution in [3.63, 3.8) is 0 Å². The summed E-state index contributed by atoms with van der Waals surface area (Å²) in [5, 5.41) is 10.7. The molecule has 7 nitrogen and oxygen atoms in total. The van der Waals surface area contributed by atoms with Gasteiger partial charge in [0.2, 0.25) is 6.54 Å². The second-order valence-corrected chi connectivity index (χ2v) is 6.26. The van der Waals surface area contributed by atoms with E-state index in [0.717, 1.165) is 4.47 Å². The molecule has 2 rings (SSSR count). The second-order valence-electron chi connectivity index (χ2n) is 5.34. The van der Waals surface area contributed by atoms with Crippen molar-refractivity contribution in [2.45, 2.75) is 20.3 Å². The smallest absolute Gasteiger partial charge is 0.355 e. The Morgan fingerprint density at radius 2 is 2.08 bits per heavy atom. The predicted molar refractivity (Wildman–Crippen MR) is 94.6 cm³/mol. The van der Waals surface area contributed by atoms with Crippen LogP contribution in [0.25, 0.3) is 0 Å². The van der Waals surface area contributed by atoms with Gasteiger partial charge in [-0.1, -0.05) is 28.1 Å². The largest absolute Gasteiger partial charge is 0.461 e. The molecule has 0 amide bonds. The minimum absolute atomic E-state index is 0.0162. The highest BCUT2D eigenvalue weighted by molar-refractivity contribution is 9.10. The fourth-order valence-electron chi connectivity index (χ4n) is 2.54. The summed E-state index contributed by atoms with van der Waals surface area (Å²) in [4.78, 5) is 38.1. The van der Waals surface area contributed by atoms with E-state index in [0.29, 0.717) is 16.8 Å². The van der Waals surface area contributed by atoms with Crippen molar-refractivity contribution in [1.82, 2.24) is 4.98 Å². The summed E-state index contributed by atoms with van der Waals surface area (Å²) in [5.41, 5.74) is 1.65. The average Bonchev–Trinajstić information content (AvgIpc) is 2.89. The number of hydrogen-bond acceptors (Lipinski definition) is 5. The van der Waals surface area contributed by atoms with Crippen LogP contribution in [0.5, 0.6) is 0 Å². The van der Waals surface area contributed by atoms with Crippen LogP contribution in [-0.4, -0.2) is 34.8 Å². The van der Waals surface area contributed by atoms with Gasteiger partial charge in [-0.15, -0.1) is 0 Å². The standard InChI is InChI=1S/C17H17BrN2O5/c1-3-25-17(22)15-10(2)14(13(19-15)7-8-20(23)24)16(21)11-5-4-6-12(18)9-11/h4-6,9,19H,3,7-8H2,1-2H3. The molecular formula is C17H17BrN2O5. The number of aromatic amines is 1. The van der Waals surface area contributed by atoms with Gasteiger partial charge in [-0.3, -0.25) is 14.9 Å². The first-order valence-corrected chi connectivity index (χ1v) is 8.45. The number of esters is 1. The molecule has 0 aliphatic carbocycles. The van der Waals surface area contributed by atoms with Crippen molar-refractivity contribution in [3.8, 4) is 0 Å². The van der Waals surface area contributed by atoms with Gasteiger partial charge in [-0.2, -0.15) is 0 Å². The van der Waals surface area contributed by atoms with Crippen molar-refractivity contribution in [3.05, 3.63) is 66.9 Å².